The molecule has 1 aromatic carbocycles. The smallest absolute Gasteiger partial charge is 0.160 e. The highest BCUT2D eigenvalue weighted by molar-refractivity contribution is 5.79. The van der Waals surface area contributed by atoms with Crippen LogP contribution in [0.3, 0.4) is 0 Å². The van der Waals surface area contributed by atoms with E-state index in [-0.39, 0.29) is 24.4 Å². The monoisotopic (exact) mass is 356 g/mol. The van der Waals surface area contributed by atoms with Gasteiger partial charge in [-0.15, -0.1) is 0 Å². The summed E-state index contributed by atoms with van der Waals surface area (Å²) in [6.07, 6.45) is -5.89. The summed E-state index contributed by atoms with van der Waals surface area (Å²) in [6, 6.07) is 4.80. The van der Waals surface area contributed by atoms with Crippen LogP contribution in [0, 0.1) is 0 Å². The van der Waals surface area contributed by atoms with E-state index in [4.69, 9.17) is 14.6 Å². The fourth-order valence-corrected chi connectivity index (χ4v) is 2.84. The van der Waals surface area contributed by atoms with Gasteiger partial charge in [0.1, 0.15) is 30.2 Å². The summed E-state index contributed by atoms with van der Waals surface area (Å²) < 4.78 is 10.3. The fourth-order valence-electron chi connectivity index (χ4n) is 2.84. The van der Waals surface area contributed by atoms with Crippen molar-refractivity contribution in [2.75, 3.05) is 13.7 Å². The number of phenolic OH excluding ortho intramolecular Hbond substituents is 1. The first-order valence-corrected chi connectivity index (χ1v) is 8.05. The van der Waals surface area contributed by atoms with Crippen molar-refractivity contribution in [1.29, 1.82) is 0 Å². The summed E-state index contributed by atoms with van der Waals surface area (Å²) in [5, 5.41) is 48.1. The summed E-state index contributed by atoms with van der Waals surface area (Å²) >= 11 is 0. The van der Waals surface area contributed by atoms with E-state index in [2.05, 4.69) is 0 Å². The Kier molecular flexibility index (Phi) is 6.74. The number of aliphatic hydroxyl groups is 4. The maximum absolute atomic E-state index is 12.2. The molecule has 0 bridgehead atoms. The van der Waals surface area contributed by atoms with Crippen LogP contribution in [0.4, 0.5) is 0 Å². The van der Waals surface area contributed by atoms with Crippen LogP contribution in [0.1, 0.15) is 18.4 Å². The molecule has 1 fully saturated rings. The number of rotatable bonds is 7. The van der Waals surface area contributed by atoms with E-state index in [1.165, 1.54) is 13.2 Å². The van der Waals surface area contributed by atoms with Crippen molar-refractivity contribution in [3.63, 3.8) is 0 Å². The van der Waals surface area contributed by atoms with E-state index in [0.717, 1.165) is 5.56 Å². The third-order valence-electron chi connectivity index (χ3n) is 4.36. The van der Waals surface area contributed by atoms with E-state index in [0.29, 0.717) is 12.2 Å². The zero-order chi connectivity index (χ0) is 18.6. The number of ketones is 1. The van der Waals surface area contributed by atoms with Crippen LogP contribution in [0.5, 0.6) is 11.5 Å². The van der Waals surface area contributed by atoms with Gasteiger partial charge in [-0.1, -0.05) is 6.07 Å². The van der Waals surface area contributed by atoms with Gasteiger partial charge in [0.15, 0.2) is 11.5 Å². The third-order valence-corrected chi connectivity index (χ3v) is 4.36. The molecule has 8 heteroatoms. The number of ether oxygens (including phenoxy) is 2. The number of benzene rings is 1. The molecule has 0 radical (unpaired) electrons. The zero-order valence-electron chi connectivity index (χ0n) is 13.9. The van der Waals surface area contributed by atoms with Crippen LogP contribution in [0.2, 0.25) is 0 Å². The number of phenols is 1. The molecule has 0 aromatic heterocycles. The Morgan fingerprint density at radius 3 is 2.48 bits per heavy atom. The Morgan fingerprint density at radius 1 is 1.16 bits per heavy atom. The first-order chi connectivity index (χ1) is 11.9. The number of aliphatic hydroxyl groups excluding tert-OH is 4. The molecule has 1 aliphatic rings. The molecule has 5 atom stereocenters. The summed E-state index contributed by atoms with van der Waals surface area (Å²) in [5.74, 6) is 0.133. The van der Waals surface area contributed by atoms with Gasteiger partial charge in [0.05, 0.1) is 19.8 Å². The lowest BCUT2D eigenvalue weighted by atomic mass is 9.91. The molecule has 0 aliphatic carbocycles. The van der Waals surface area contributed by atoms with Crippen LogP contribution < -0.4 is 4.74 Å². The predicted octanol–water partition coefficient (Wildman–Crippen LogP) is -0.865. The number of hydrogen-bond donors (Lipinski definition) is 5. The Labute approximate surface area is 145 Å². The molecule has 1 aliphatic heterocycles. The molecule has 1 heterocycles. The molecule has 0 spiro atoms. The van der Waals surface area contributed by atoms with E-state index >= 15 is 0 Å². The molecular weight excluding hydrogens is 332 g/mol. The highest BCUT2D eigenvalue weighted by Gasteiger charge is 2.43. The first-order valence-electron chi connectivity index (χ1n) is 8.05. The highest BCUT2D eigenvalue weighted by Crippen LogP contribution is 2.27. The maximum Gasteiger partial charge on any atom is 0.160 e. The minimum absolute atomic E-state index is 0.0129. The summed E-state index contributed by atoms with van der Waals surface area (Å²) in [7, 11) is 1.43. The van der Waals surface area contributed by atoms with Crippen LogP contribution in [-0.4, -0.2) is 75.6 Å². The van der Waals surface area contributed by atoms with Crippen molar-refractivity contribution >= 4 is 5.78 Å². The minimum atomic E-state index is -1.48. The van der Waals surface area contributed by atoms with Gasteiger partial charge in [0.2, 0.25) is 0 Å². The summed E-state index contributed by atoms with van der Waals surface area (Å²) in [6.45, 7) is -0.525. The van der Waals surface area contributed by atoms with Crippen molar-refractivity contribution < 1.29 is 39.8 Å². The average Bonchev–Trinajstić information content (AvgIpc) is 2.61. The van der Waals surface area contributed by atoms with Crippen LogP contribution in [0.15, 0.2) is 18.2 Å². The van der Waals surface area contributed by atoms with E-state index < -0.39 is 37.1 Å². The molecular formula is C17H24O8. The third kappa shape index (κ3) is 4.68. The van der Waals surface area contributed by atoms with E-state index in [9.17, 15) is 25.2 Å². The number of aromatic hydroxyl groups is 1. The lowest BCUT2D eigenvalue weighted by Gasteiger charge is -2.39. The molecule has 0 amide bonds. The number of methoxy groups -OCH3 is 1. The van der Waals surface area contributed by atoms with Crippen molar-refractivity contribution in [3.05, 3.63) is 23.8 Å². The number of Topliss-reactive ketones (excluding diaryl/α,β-unsaturated/α-hetero) is 1. The van der Waals surface area contributed by atoms with Crippen LogP contribution in [-0.2, 0) is 16.0 Å². The van der Waals surface area contributed by atoms with Crippen molar-refractivity contribution in [2.45, 2.75) is 49.8 Å². The highest BCUT2D eigenvalue weighted by atomic mass is 16.5. The molecule has 25 heavy (non-hydrogen) atoms. The quantitative estimate of drug-likeness (QED) is 0.425. The first kappa shape index (κ1) is 19.6. The Balaban J connectivity index is 1.91. The second-order valence-corrected chi connectivity index (χ2v) is 6.12. The number of aryl methyl sites for hydroxylation is 1. The number of hydrogen-bond acceptors (Lipinski definition) is 8. The average molecular weight is 356 g/mol. The molecule has 140 valence electrons. The SMILES string of the molecule is COc1cc(CCC(=O)CC2OC(CO)[C@@H](O)[C@H](O)[C@H]2O)ccc1O. The molecule has 1 saturated heterocycles. The van der Waals surface area contributed by atoms with Gasteiger partial charge in [0.25, 0.3) is 0 Å². The number of carbonyl (C=O) groups is 1. The van der Waals surface area contributed by atoms with Gasteiger partial charge < -0.3 is 35.0 Å². The van der Waals surface area contributed by atoms with Gasteiger partial charge in [-0.05, 0) is 24.1 Å². The summed E-state index contributed by atoms with van der Waals surface area (Å²) in [4.78, 5) is 12.2. The van der Waals surface area contributed by atoms with Crippen molar-refractivity contribution in [2.24, 2.45) is 0 Å². The largest absolute Gasteiger partial charge is 0.504 e. The van der Waals surface area contributed by atoms with Crippen LogP contribution in [0.25, 0.3) is 0 Å². The Morgan fingerprint density at radius 2 is 1.84 bits per heavy atom. The maximum atomic E-state index is 12.2. The van der Waals surface area contributed by atoms with Gasteiger partial charge >= 0.3 is 0 Å². The second kappa shape index (κ2) is 8.59. The molecule has 2 unspecified atom stereocenters. The van der Waals surface area contributed by atoms with Gasteiger partial charge in [-0.2, -0.15) is 0 Å². The molecule has 0 saturated carbocycles. The molecule has 2 rings (SSSR count). The minimum Gasteiger partial charge on any atom is -0.504 e. The van der Waals surface area contributed by atoms with Gasteiger partial charge in [-0.25, -0.2) is 0 Å². The standard InChI is InChI=1S/C17H24O8/c1-24-12-6-9(3-5-11(12)20)2-4-10(19)7-13-15(21)17(23)16(22)14(8-18)25-13/h3,5-6,13-18,20-23H,2,4,7-8H2,1H3/t13?,14?,15-,16+,17+/m0/s1. The fraction of sp³-hybridized carbons (Fsp3) is 0.588. The van der Waals surface area contributed by atoms with Crippen molar-refractivity contribution in [3.8, 4) is 11.5 Å². The van der Waals surface area contributed by atoms with E-state index in [1.807, 2.05) is 0 Å². The Hall–Kier alpha value is -1.71. The molecule has 1 aromatic rings. The number of carbonyl (C=O) groups excluding carboxylic acids is 1. The molecule has 5 N–H and O–H groups in total. The summed E-state index contributed by atoms with van der Waals surface area (Å²) in [5.41, 5.74) is 0.803. The van der Waals surface area contributed by atoms with Crippen molar-refractivity contribution in [1.82, 2.24) is 0 Å². The lowest BCUT2D eigenvalue weighted by molar-refractivity contribution is -0.229. The lowest BCUT2D eigenvalue weighted by Crippen LogP contribution is -2.58. The Bertz CT molecular complexity index is 588. The second-order valence-electron chi connectivity index (χ2n) is 6.12. The van der Waals surface area contributed by atoms with E-state index in [1.54, 1.807) is 12.1 Å². The topological polar surface area (TPSA) is 137 Å². The van der Waals surface area contributed by atoms with Crippen LogP contribution >= 0.6 is 0 Å². The van der Waals surface area contributed by atoms with Gasteiger partial charge in [-0.3, -0.25) is 4.79 Å². The van der Waals surface area contributed by atoms with Gasteiger partial charge in [0, 0.05) is 12.8 Å². The normalized spacial score (nSPS) is 29.4. The zero-order valence-corrected chi connectivity index (χ0v) is 13.9. The molecule has 8 nitrogen and oxygen atoms in total. The predicted molar refractivity (Wildman–Crippen MR) is 86.4 cm³/mol.